The highest BCUT2D eigenvalue weighted by molar-refractivity contribution is 5.86. The highest BCUT2D eigenvalue weighted by Crippen LogP contribution is 2.41. The molecule has 5 N–H and O–H groups in total. The number of anilines is 1. The predicted octanol–water partition coefficient (Wildman–Crippen LogP) is 4.75. The molecule has 0 bridgehead atoms. The number of nitrogen functional groups attached to an aromatic ring is 1. The predicted molar refractivity (Wildman–Crippen MR) is 158 cm³/mol. The molecule has 0 aliphatic heterocycles. The van der Waals surface area contributed by atoms with E-state index in [2.05, 4.69) is 53.9 Å². The van der Waals surface area contributed by atoms with Crippen LogP contribution in [0.2, 0.25) is 0 Å². The smallest absolute Gasteiger partial charge is 0.390 e. The molecule has 9 nitrogen and oxygen atoms in total. The number of aliphatic hydroxyl groups is 2. The van der Waals surface area contributed by atoms with Gasteiger partial charge in [-0.3, -0.25) is 4.90 Å². The number of H-pyrrole nitrogens is 1. The van der Waals surface area contributed by atoms with Gasteiger partial charge in [0.15, 0.2) is 0 Å². The van der Waals surface area contributed by atoms with Crippen molar-refractivity contribution < 1.29 is 23.4 Å². The molecule has 0 unspecified atom stereocenters. The number of hydrogen-bond donors (Lipinski definition) is 4. The number of fused-ring (bicyclic) bond motifs is 2. The molecule has 43 heavy (non-hydrogen) atoms. The molecule has 2 saturated carbocycles. The first kappa shape index (κ1) is 29.8. The Labute approximate surface area is 248 Å². The van der Waals surface area contributed by atoms with Gasteiger partial charge in [-0.1, -0.05) is 26.8 Å². The summed E-state index contributed by atoms with van der Waals surface area (Å²) < 4.78 is 42.7. The van der Waals surface area contributed by atoms with Crippen molar-refractivity contribution in [3.8, 4) is 0 Å². The van der Waals surface area contributed by atoms with Gasteiger partial charge in [-0.2, -0.15) is 13.2 Å². The maximum atomic E-state index is 13.7. The Kier molecular flexibility index (Phi) is 7.67. The Morgan fingerprint density at radius 1 is 1.07 bits per heavy atom. The Balaban J connectivity index is 1.08. The van der Waals surface area contributed by atoms with Gasteiger partial charge in [0, 0.05) is 31.1 Å². The minimum absolute atomic E-state index is 0.0319. The van der Waals surface area contributed by atoms with Crippen molar-refractivity contribution in [3.63, 3.8) is 0 Å². The second-order valence-electron chi connectivity index (χ2n) is 13.5. The summed E-state index contributed by atoms with van der Waals surface area (Å²) in [5.74, 6) is 0.989. The minimum atomic E-state index is -4.36. The number of alkyl halides is 3. The molecule has 3 heterocycles. The Morgan fingerprint density at radius 3 is 2.56 bits per heavy atom. The summed E-state index contributed by atoms with van der Waals surface area (Å²) in [5.41, 5.74) is 9.65. The van der Waals surface area contributed by atoms with Crippen LogP contribution >= 0.6 is 0 Å². The first-order valence-corrected chi connectivity index (χ1v) is 15.0. The highest BCUT2D eigenvalue weighted by atomic mass is 19.4. The molecule has 1 aromatic carbocycles. The summed E-state index contributed by atoms with van der Waals surface area (Å²) in [6, 6.07) is 7.28. The van der Waals surface area contributed by atoms with Crippen LogP contribution in [0.5, 0.6) is 0 Å². The lowest BCUT2D eigenvalue weighted by Crippen LogP contribution is -2.51. The van der Waals surface area contributed by atoms with E-state index in [9.17, 15) is 23.4 Å². The van der Waals surface area contributed by atoms with Gasteiger partial charge < -0.3 is 25.5 Å². The second-order valence-corrected chi connectivity index (χ2v) is 13.5. The largest absolute Gasteiger partial charge is 0.401 e. The number of rotatable bonds is 8. The van der Waals surface area contributed by atoms with Crippen LogP contribution in [0.1, 0.15) is 63.9 Å². The fourth-order valence-corrected chi connectivity index (χ4v) is 6.91. The molecular weight excluding hydrogens is 559 g/mol. The van der Waals surface area contributed by atoms with Crippen molar-refractivity contribution in [1.29, 1.82) is 0 Å². The van der Waals surface area contributed by atoms with Crippen molar-refractivity contribution in [2.45, 2.75) is 88.8 Å². The number of nitrogens with two attached hydrogens (primary N) is 1. The number of aryl methyl sites for hydroxylation is 1. The minimum Gasteiger partial charge on any atom is -0.390 e. The van der Waals surface area contributed by atoms with E-state index >= 15 is 0 Å². The molecule has 3 aromatic heterocycles. The number of aromatic amines is 1. The van der Waals surface area contributed by atoms with Crippen LogP contribution < -0.4 is 5.73 Å². The Hall–Kier alpha value is -3.22. The molecular formula is C31H40F3N7O2. The van der Waals surface area contributed by atoms with Crippen molar-refractivity contribution in [2.75, 3.05) is 18.8 Å². The highest BCUT2D eigenvalue weighted by Gasteiger charge is 2.46. The van der Waals surface area contributed by atoms with E-state index in [1.54, 1.807) is 16.8 Å². The van der Waals surface area contributed by atoms with Gasteiger partial charge in [0.1, 0.15) is 29.7 Å². The van der Waals surface area contributed by atoms with Gasteiger partial charge in [0.2, 0.25) is 0 Å². The van der Waals surface area contributed by atoms with Crippen LogP contribution in [-0.4, -0.2) is 77.1 Å². The number of nitrogens with one attached hydrogen (secondary N) is 1. The Bertz CT molecular complexity index is 1590. The fourth-order valence-electron chi connectivity index (χ4n) is 6.91. The molecule has 4 atom stereocenters. The summed E-state index contributed by atoms with van der Waals surface area (Å²) in [5, 5.41) is 22.5. The summed E-state index contributed by atoms with van der Waals surface area (Å²) in [6.45, 7) is 5.52. The number of imidazole rings is 1. The van der Waals surface area contributed by atoms with E-state index in [1.807, 2.05) is 0 Å². The van der Waals surface area contributed by atoms with Crippen LogP contribution in [0.4, 0.5) is 19.0 Å². The van der Waals surface area contributed by atoms with E-state index in [0.29, 0.717) is 42.0 Å². The SMILES string of the molecule is CC(C)(C)c1ccc2[nH]c(CCC3CC(N(C[C@H]4C[C@@H](n5ccc6c(N)ncnc65)[C@H](O)[C@@H]4O)CC(F)(F)F)C3)nc2c1. The van der Waals surface area contributed by atoms with Gasteiger partial charge in [0.25, 0.3) is 0 Å². The molecule has 6 rings (SSSR count). The van der Waals surface area contributed by atoms with Gasteiger partial charge in [0.05, 0.1) is 35.1 Å². The molecule has 0 amide bonds. The third kappa shape index (κ3) is 6.09. The van der Waals surface area contributed by atoms with Crippen molar-refractivity contribution in [3.05, 3.63) is 48.2 Å². The molecule has 0 spiro atoms. The lowest BCUT2D eigenvalue weighted by molar-refractivity contribution is -0.160. The molecule has 0 saturated heterocycles. The third-order valence-electron chi connectivity index (χ3n) is 9.43. The third-order valence-corrected chi connectivity index (χ3v) is 9.43. The summed E-state index contributed by atoms with van der Waals surface area (Å²) in [4.78, 5) is 17.9. The van der Waals surface area contributed by atoms with E-state index in [1.165, 1.54) is 16.8 Å². The van der Waals surface area contributed by atoms with Gasteiger partial charge in [-0.15, -0.1) is 0 Å². The van der Waals surface area contributed by atoms with E-state index in [4.69, 9.17) is 10.7 Å². The quantitative estimate of drug-likeness (QED) is 0.230. The Morgan fingerprint density at radius 2 is 1.84 bits per heavy atom. The maximum Gasteiger partial charge on any atom is 0.401 e. The number of benzene rings is 1. The molecule has 0 radical (unpaired) electrons. The standard InChI is InChI=1S/C31H40F3N7O2/c1-30(2,3)19-5-6-22-23(13-19)39-25(38-22)7-4-17-10-20(11-17)40(15-31(32,33)34)14-18-12-24(27(43)26(18)42)41-9-8-21-28(35)36-16-37-29(21)41/h5-6,8-9,13,16-18,20,24,26-27,42-43H,4,7,10-12,14-15H2,1-3H3,(H,38,39)(H2,35,36,37)/t17?,18-,20?,24-,26-,27+/m1/s1. The zero-order chi connectivity index (χ0) is 30.7. The second kappa shape index (κ2) is 11.0. The molecule has 2 fully saturated rings. The first-order chi connectivity index (χ1) is 20.3. The zero-order valence-electron chi connectivity index (χ0n) is 24.7. The topological polar surface area (TPSA) is 129 Å². The normalized spacial score (nSPS) is 26.5. The molecule has 12 heteroatoms. The maximum absolute atomic E-state index is 13.7. The summed E-state index contributed by atoms with van der Waals surface area (Å²) in [7, 11) is 0. The van der Waals surface area contributed by atoms with Crippen LogP contribution in [0.15, 0.2) is 36.8 Å². The number of halogens is 3. The van der Waals surface area contributed by atoms with Gasteiger partial charge in [-0.25, -0.2) is 15.0 Å². The van der Waals surface area contributed by atoms with Crippen molar-refractivity contribution in [2.24, 2.45) is 11.8 Å². The number of hydrogen-bond acceptors (Lipinski definition) is 7. The number of aliphatic hydroxyl groups excluding tert-OH is 2. The monoisotopic (exact) mass is 599 g/mol. The average Bonchev–Trinajstić information content (AvgIpc) is 3.58. The van der Waals surface area contributed by atoms with Crippen LogP contribution in [-0.2, 0) is 11.8 Å². The van der Waals surface area contributed by atoms with Crippen molar-refractivity contribution >= 4 is 27.9 Å². The molecule has 2 aliphatic carbocycles. The fraction of sp³-hybridized carbons (Fsp3) is 0.581. The lowest BCUT2D eigenvalue weighted by Gasteiger charge is -2.44. The average molecular weight is 600 g/mol. The van der Waals surface area contributed by atoms with Crippen LogP contribution in [0.3, 0.4) is 0 Å². The van der Waals surface area contributed by atoms with Gasteiger partial charge in [-0.05, 0) is 60.8 Å². The number of nitrogens with zero attached hydrogens (tertiary/aromatic N) is 5. The number of aromatic nitrogens is 5. The van der Waals surface area contributed by atoms with E-state index < -0.39 is 36.9 Å². The van der Waals surface area contributed by atoms with Crippen LogP contribution in [0.25, 0.3) is 22.1 Å². The van der Waals surface area contributed by atoms with E-state index in [0.717, 1.165) is 29.7 Å². The van der Waals surface area contributed by atoms with E-state index in [-0.39, 0.29) is 18.0 Å². The van der Waals surface area contributed by atoms with Gasteiger partial charge >= 0.3 is 6.18 Å². The van der Waals surface area contributed by atoms with Crippen LogP contribution in [0, 0.1) is 11.8 Å². The summed E-state index contributed by atoms with van der Waals surface area (Å²) in [6.07, 6.45) is -0.351. The molecule has 232 valence electrons. The first-order valence-electron chi connectivity index (χ1n) is 15.0. The summed E-state index contributed by atoms with van der Waals surface area (Å²) >= 11 is 0. The molecule has 2 aliphatic rings. The zero-order valence-corrected chi connectivity index (χ0v) is 24.7. The molecule has 4 aromatic rings. The van der Waals surface area contributed by atoms with Crippen molar-refractivity contribution in [1.82, 2.24) is 29.4 Å². The lowest BCUT2D eigenvalue weighted by atomic mass is 9.76.